The molecule has 21 nitrogen and oxygen atoms in total. The van der Waals surface area contributed by atoms with Crippen LogP contribution in [0.3, 0.4) is 0 Å². The molecule has 5 rings (SSSR count). The van der Waals surface area contributed by atoms with Crippen molar-refractivity contribution in [1.29, 1.82) is 0 Å². The normalized spacial score (nSPS) is 18.4. The number of hydrogen-bond acceptors (Lipinski definition) is 12. The highest BCUT2D eigenvalue weighted by atomic mass is 32.2. The zero-order valence-electron chi connectivity index (χ0n) is 33.9. The van der Waals surface area contributed by atoms with Crippen LogP contribution in [0.25, 0.3) is 10.9 Å². The fraction of sp³-hybridized carbons (Fsp3) is 0.375. The zero-order chi connectivity index (χ0) is 45.2. The van der Waals surface area contributed by atoms with E-state index in [4.69, 9.17) is 10.5 Å². The third-order valence-electron chi connectivity index (χ3n) is 10.2. The van der Waals surface area contributed by atoms with Gasteiger partial charge in [0.15, 0.2) is 0 Å². The number of aliphatic carboxylic acids is 1. The molecule has 1 fully saturated rings. The minimum atomic E-state index is -1.58. The molecule has 3 heterocycles. The van der Waals surface area contributed by atoms with Crippen molar-refractivity contribution in [2.45, 2.75) is 75.1 Å². The number of ether oxygens (including phenoxy) is 1. The summed E-state index contributed by atoms with van der Waals surface area (Å²) in [7, 11) is -0.104. The van der Waals surface area contributed by atoms with Crippen molar-refractivity contribution in [3.63, 3.8) is 0 Å². The van der Waals surface area contributed by atoms with Crippen LogP contribution in [0.4, 0.5) is 4.79 Å². The molecular formula is C40H49N9O12S. The summed E-state index contributed by atoms with van der Waals surface area (Å²) in [6, 6.07) is 6.53. The number of aromatic hydroxyl groups is 1. The highest BCUT2D eigenvalue weighted by molar-refractivity contribution is 7.84. The second kappa shape index (κ2) is 20.7. The van der Waals surface area contributed by atoms with E-state index in [-0.39, 0.29) is 42.9 Å². The number of likely N-dealkylation sites (N-methyl/N-ethyl adjacent to an activating group) is 1. The van der Waals surface area contributed by atoms with Gasteiger partial charge in [0.1, 0.15) is 35.7 Å². The van der Waals surface area contributed by atoms with Gasteiger partial charge in [-0.2, -0.15) is 0 Å². The average Bonchev–Trinajstić information content (AvgIpc) is 3.81. The van der Waals surface area contributed by atoms with Gasteiger partial charge in [0.05, 0.1) is 12.1 Å². The van der Waals surface area contributed by atoms with Crippen molar-refractivity contribution in [3.05, 3.63) is 111 Å². The van der Waals surface area contributed by atoms with Crippen molar-refractivity contribution in [2.24, 2.45) is 5.73 Å². The molecule has 4 aromatic rings. The number of phenols is 1. The highest BCUT2D eigenvalue weighted by Gasteiger charge is 2.37. The Kier molecular flexibility index (Phi) is 15.4. The van der Waals surface area contributed by atoms with Crippen molar-refractivity contribution >= 4 is 51.4 Å². The third kappa shape index (κ3) is 11.9. The third-order valence-corrected chi connectivity index (χ3v) is 11.0. The van der Waals surface area contributed by atoms with E-state index in [1.807, 2.05) is 6.07 Å². The molecule has 5 amide bonds. The first kappa shape index (κ1) is 46.3. The first-order valence-electron chi connectivity index (χ1n) is 19.3. The molecule has 0 radical (unpaired) electrons. The summed E-state index contributed by atoms with van der Waals surface area (Å²) in [5.74, 6) is -3.98. The molecule has 1 saturated heterocycles. The Hall–Kier alpha value is -6.78. The number of aromatic nitrogens is 3. The van der Waals surface area contributed by atoms with E-state index in [0.717, 1.165) is 38.8 Å². The Morgan fingerprint density at radius 1 is 1.03 bits per heavy atom. The van der Waals surface area contributed by atoms with Gasteiger partial charge in [0, 0.05) is 78.3 Å². The first-order chi connectivity index (χ1) is 29.4. The van der Waals surface area contributed by atoms with Crippen molar-refractivity contribution in [2.75, 3.05) is 19.1 Å². The van der Waals surface area contributed by atoms with Gasteiger partial charge in [-0.1, -0.05) is 30.3 Å². The van der Waals surface area contributed by atoms with Gasteiger partial charge in [-0.3, -0.25) is 32.9 Å². The number of rotatable bonds is 18. The number of carboxylic acid groups (broad SMARTS) is 1. The summed E-state index contributed by atoms with van der Waals surface area (Å²) >= 11 is 0. The van der Waals surface area contributed by atoms with E-state index in [1.54, 1.807) is 36.5 Å². The maximum absolute atomic E-state index is 14.1. The lowest BCUT2D eigenvalue weighted by Gasteiger charge is -2.34. The van der Waals surface area contributed by atoms with E-state index in [9.17, 15) is 53.1 Å². The first-order valence-corrected chi connectivity index (χ1v) is 21.1. The molecule has 0 aliphatic carbocycles. The number of H-pyrrole nitrogens is 2. The monoisotopic (exact) mass is 879 g/mol. The Morgan fingerprint density at radius 3 is 2.45 bits per heavy atom. The Labute approximate surface area is 356 Å². The van der Waals surface area contributed by atoms with Crippen molar-refractivity contribution < 1.29 is 48.2 Å². The van der Waals surface area contributed by atoms with Crippen LogP contribution < -0.4 is 38.2 Å². The molecular weight excluding hydrogens is 831 g/mol. The minimum absolute atomic E-state index is 0.00570. The number of fused-ring (bicyclic) bond motifs is 1. The maximum Gasteiger partial charge on any atom is 0.331 e. The summed E-state index contributed by atoms with van der Waals surface area (Å²) in [6.07, 6.45) is 2.18. The number of phenolic OH excluding ortho intramolecular Hbond substituents is 1. The van der Waals surface area contributed by atoms with Gasteiger partial charge in [-0.25, -0.2) is 14.4 Å². The molecule has 11 N–H and O–H groups in total. The fourth-order valence-corrected chi connectivity index (χ4v) is 7.36. The predicted octanol–water partition coefficient (Wildman–Crippen LogP) is -1.01. The number of hydrogen-bond donors (Lipinski definition) is 10. The largest absolute Gasteiger partial charge is 0.508 e. The second-order valence-electron chi connectivity index (χ2n) is 14.8. The zero-order valence-corrected chi connectivity index (χ0v) is 34.7. The van der Waals surface area contributed by atoms with Crippen LogP contribution in [0.2, 0.25) is 0 Å². The number of aromatic amines is 2. The molecule has 8 atom stereocenters. The topological polar surface area (TPSA) is 320 Å². The number of nitrogens with zero attached hydrogens (tertiary/aromatic N) is 2. The lowest BCUT2D eigenvalue weighted by molar-refractivity contribution is -0.139. The second-order valence-corrected chi connectivity index (χ2v) is 16.3. The molecule has 2 aromatic carbocycles. The predicted molar refractivity (Wildman–Crippen MR) is 225 cm³/mol. The van der Waals surface area contributed by atoms with Crippen LogP contribution >= 0.6 is 0 Å². The lowest BCUT2D eigenvalue weighted by Crippen LogP contribution is -2.62. The van der Waals surface area contributed by atoms with Gasteiger partial charge in [0.2, 0.25) is 23.9 Å². The van der Waals surface area contributed by atoms with E-state index >= 15 is 0 Å². The number of nitrogens with two attached hydrogens (primary N) is 1. The summed E-state index contributed by atoms with van der Waals surface area (Å²) in [4.78, 5) is 97.5. The lowest BCUT2D eigenvalue weighted by atomic mass is 10.0. The van der Waals surface area contributed by atoms with E-state index in [0.29, 0.717) is 11.1 Å². The average molecular weight is 880 g/mol. The SMILES string of the molecule is CC([C@H](NC(=O)[C@H](CCS(C)=O)NC(=O)NC(Cc1c[nH]c2ccccc12)C(=O)O)C(=O)N/C=C1\C[C@@H](O)[C@H](n2ccc(=O)[nH]c2=O)O1)N(C)C(=O)[C@@H](N)Cc1cccc(O)c1. The number of benzene rings is 2. The van der Waals surface area contributed by atoms with Gasteiger partial charge in [0.25, 0.3) is 5.56 Å². The van der Waals surface area contributed by atoms with Gasteiger partial charge >= 0.3 is 17.7 Å². The summed E-state index contributed by atoms with van der Waals surface area (Å²) in [5.41, 5.74) is 6.67. The number of nitrogens with one attached hydrogen (secondary N) is 6. The summed E-state index contributed by atoms with van der Waals surface area (Å²) in [5, 5.41) is 41.2. The Bertz CT molecular complexity index is 2470. The molecule has 0 spiro atoms. The fourth-order valence-electron chi connectivity index (χ4n) is 6.79. The number of aliphatic hydroxyl groups excluding tert-OH is 1. The van der Waals surface area contributed by atoms with Crippen LogP contribution in [-0.4, -0.2) is 124 Å². The molecule has 2 aromatic heterocycles. The molecule has 62 heavy (non-hydrogen) atoms. The molecule has 0 bridgehead atoms. The number of para-hydroxylation sites is 1. The number of carbonyl (C=O) groups excluding carboxylic acids is 4. The molecule has 22 heteroatoms. The van der Waals surface area contributed by atoms with Crippen molar-refractivity contribution in [3.8, 4) is 5.75 Å². The molecule has 3 unspecified atom stereocenters. The number of urea groups is 1. The van der Waals surface area contributed by atoms with E-state index in [2.05, 4.69) is 31.2 Å². The quantitative estimate of drug-likeness (QED) is 0.0574. The summed E-state index contributed by atoms with van der Waals surface area (Å²) < 4.78 is 18.8. The maximum atomic E-state index is 14.1. The van der Waals surface area contributed by atoms with E-state index < -0.39 is 94.3 Å². The molecule has 0 saturated carbocycles. The van der Waals surface area contributed by atoms with Crippen LogP contribution in [0.5, 0.6) is 5.75 Å². The Morgan fingerprint density at radius 2 is 1.76 bits per heavy atom. The van der Waals surface area contributed by atoms with Crippen LogP contribution in [0.1, 0.15) is 37.1 Å². The number of amides is 5. The number of carboxylic acids is 1. The number of carbonyl (C=O) groups is 5. The smallest absolute Gasteiger partial charge is 0.331 e. The van der Waals surface area contributed by atoms with Crippen LogP contribution in [0, 0.1) is 0 Å². The van der Waals surface area contributed by atoms with E-state index in [1.165, 1.54) is 32.4 Å². The minimum Gasteiger partial charge on any atom is -0.508 e. The summed E-state index contributed by atoms with van der Waals surface area (Å²) in [6.45, 7) is 1.45. The van der Waals surface area contributed by atoms with Crippen LogP contribution in [-0.2, 0) is 47.6 Å². The molecule has 332 valence electrons. The standard InChI is InChI=1S/C40H49N9O12S/c1-21(48(2)36(55)27(41)16-22-7-6-8-24(50)15-22)33(35(54)43-20-25-18-31(51)37(61-25)49-13-11-32(52)46-40(49)59)47-34(53)29(12-14-62(3)60)44-39(58)45-30(38(56)57)17-23-19-42-28-10-5-4-9-26(23)28/h4-11,13,15,19-21,27,29-31,33,37,42,50-51H,12,14,16-18,41H2,1-3H3,(H,43,54)(H,47,53)(H,56,57)(H2,44,45,58)(H,46,52,59)/b25-20+/t21?,27-,29-,30?,31+,33-,37+,62?/m0/s1. The van der Waals surface area contributed by atoms with Gasteiger partial charge in [-0.05, 0) is 49.1 Å². The van der Waals surface area contributed by atoms with Gasteiger partial charge < -0.3 is 56.9 Å². The molecule has 1 aliphatic heterocycles. The highest BCUT2D eigenvalue weighted by Crippen LogP contribution is 2.30. The van der Waals surface area contributed by atoms with Gasteiger partial charge in [-0.15, -0.1) is 0 Å². The van der Waals surface area contributed by atoms with Crippen LogP contribution in [0.15, 0.2) is 88.5 Å². The van der Waals surface area contributed by atoms with Crippen molar-refractivity contribution in [1.82, 2.24) is 40.7 Å². The number of aliphatic hydroxyl groups is 1. The Balaban J connectivity index is 1.36. The molecule has 1 aliphatic rings.